The predicted octanol–water partition coefficient (Wildman–Crippen LogP) is 6.36. The van der Waals surface area contributed by atoms with Crippen LogP contribution in [0.4, 0.5) is 0 Å². The fourth-order valence-corrected chi connectivity index (χ4v) is 8.63. The number of unbranched alkanes of at least 4 members (excludes halogenated alkanes) is 2. The minimum Gasteiger partial charge on any atom is -0.317 e. The van der Waals surface area contributed by atoms with Gasteiger partial charge >= 0.3 is 132 Å². The first-order valence-corrected chi connectivity index (χ1v) is 19.6. The van der Waals surface area contributed by atoms with Gasteiger partial charge in [0, 0.05) is 0 Å². The molecule has 0 saturated carbocycles. The Morgan fingerprint density at radius 3 is 1.19 bits per heavy atom. The van der Waals surface area contributed by atoms with Crippen LogP contribution in [-0.4, -0.2) is 19.6 Å². The second-order valence-corrected chi connectivity index (χ2v) is 15.9. The molecule has 27 heavy (non-hydrogen) atoms. The largest absolute Gasteiger partial charge is 0.380 e. The van der Waals surface area contributed by atoms with Crippen molar-refractivity contribution in [1.82, 2.24) is 0 Å². The van der Waals surface area contributed by atoms with Gasteiger partial charge in [-0.2, -0.15) is 0 Å². The molecule has 0 fully saturated rings. The fourth-order valence-electron chi connectivity index (χ4n) is 2.79. The van der Waals surface area contributed by atoms with E-state index in [9.17, 15) is 9.13 Å². The summed E-state index contributed by atoms with van der Waals surface area (Å²) in [5.74, 6) is 2.19. The van der Waals surface area contributed by atoms with Crippen molar-refractivity contribution >= 4 is 38.1 Å². The Morgan fingerprint density at radius 1 is 0.741 bits per heavy atom. The van der Waals surface area contributed by atoms with Gasteiger partial charge < -0.3 is 19.6 Å². The van der Waals surface area contributed by atoms with Crippen LogP contribution in [0.15, 0.2) is 0 Å². The first kappa shape index (κ1) is 33.3. The van der Waals surface area contributed by atoms with Crippen LogP contribution in [0.2, 0.25) is 10.0 Å². The van der Waals surface area contributed by atoms with Crippen LogP contribution in [0.1, 0.15) is 79.1 Å². The summed E-state index contributed by atoms with van der Waals surface area (Å²) < 4.78 is 18.4. The molecule has 2 atom stereocenters. The molecule has 0 spiro atoms. The number of thiol groups is 2. The molecule has 0 aliphatic rings. The number of hydrogen-bond acceptors (Lipinski definition) is 2. The molecule has 0 aliphatic heterocycles. The summed E-state index contributed by atoms with van der Waals surface area (Å²) in [6.07, 6.45) is 11.6. The standard InChI is InChI=1S/2C8H17.2H3O3PS.Zn/c2*1-4-6-7-8(3)5-2;2*1-4(2,3)5;/h2*8H,3-7H2,1-2H3;2*(H3,1,2,3,5);. The van der Waals surface area contributed by atoms with E-state index in [-0.39, 0.29) is 17.1 Å². The summed E-state index contributed by atoms with van der Waals surface area (Å²) in [5, 5.41) is 3.35. The maximum Gasteiger partial charge on any atom is 0.380 e. The maximum atomic E-state index is 9.19. The fraction of sp³-hybridized carbons (Fsp3) is 1.00. The molecule has 0 aromatic carbocycles. The first-order chi connectivity index (χ1) is 12.3. The molecule has 0 heterocycles. The van der Waals surface area contributed by atoms with Gasteiger partial charge in [-0.1, -0.05) is 24.5 Å². The topological polar surface area (TPSA) is 115 Å². The zero-order valence-corrected chi connectivity index (χ0v) is 23.9. The molecule has 0 rings (SSSR count). The second kappa shape index (κ2) is 20.9. The van der Waals surface area contributed by atoms with Crippen molar-refractivity contribution in [1.29, 1.82) is 0 Å². The van der Waals surface area contributed by atoms with Gasteiger partial charge in [-0.15, -0.1) is 0 Å². The summed E-state index contributed by atoms with van der Waals surface area (Å²) in [7, 11) is 0. The molecular formula is C16H40O6P2S2Zn. The number of rotatable bonds is 12. The molecule has 0 aliphatic carbocycles. The van der Waals surface area contributed by atoms with Gasteiger partial charge in [0.25, 0.3) is 0 Å². The molecule has 0 bridgehead atoms. The van der Waals surface area contributed by atoms with Gasteiger partial charge in [0.2, 0.25) is 0 Å². The summed E-state index contributed by atoms with van der Waals surface area (Å²) in [6.45, 7) is 1.56. The zero-order chi connectivity index (χ0) is 21.9. The van der Waals surface area contributed by atoms with Crippen LogP contribution in [0, 0.1) is 11.8 Å². The average molecular weight is 520 g/mol. The van der Waals surface area contributed by atoms with Crippen molar-refractivity contribution in [3.8, 4) is 0 Å². The minimum atomic E-state index is -3.94. The Labute approximate surface area is 184 Å². The average Bonchev–Trinajstić information content (AvgIpc) is 2.50. The summed E-state index contributed by atoms with van der Waals surface area (Å²) in [6, 6.07) is 0. The van der Waals surface area contributed by atoms with E-state index in [0.29, 0.717) is 0 Å². The third-order valence-electron chi connectivity index (χ3n) is 4.31. The van der Waals surface area contributed by atoms with Crippen LogP contribution in [0.3, 0.4) is 0 Å². The van der Waals surface area contributed by atoms with Gasteiger partial charge in [-0.05, 0) is 0 Å². The van der Waals surface area contributed by atoms with Crippen molar-refractivity contribution in [2.75, 3.05) is 0 Å². The van der Waals surface area contributed by atoms with Crippen molar-refractivity contribution in [3.63, 3.8) is 0 Å². The number of hydrogen-bond donors (Lipinski definition) is 6. The third kappa shape index (κ3) is 47.1. The minimum absolute atomic E-state index is 0.195. The van der Waals surface area contributed by atoms with E-state index in [1.165, 1.54) is 51.4 Å². The van der Waals surface area contributed by atoms with E-state index in [4.69, 9.17) is 19.6 Å². The third-order valence-corrected chi connectivity index (χ3v) is 9.45. The Morgan fingerprint density at radius 2 is 1.00 bits per heavy atom. The van der Waals surface area contributed by atoms with Crippen molar-refractivity contribution in [2.45, 2.75) is 89.1 Å². The predicted molar refractivity (Wildman–Crippen MR) is 118 cm³/mol. The molecule has 164 valence electrons. The van der Waals surface area contributed by atoms with Crippen molar-refractivity contribution < 1.29 is 45.8 Å². The van der Waals surface area contributed by atoms with Crippen LogP contribution < -0.4 is 0 Å². The molecule has 0 radical (unpaired) electrons. The van der Waals surface area contributed by atoms with E-state index in [2.05, 4.69) is 52.2 Å². The molecule has 4 N–H and O–H groups in total. The summed E-state index contributed by atoms with van der Waals surface area (Å²) >= 11 is 5.38. The molecule has 0 saturated heterocycles. The van der Waals surface area contributed by atoms with Gasteiger partial charge in [0.05, 0.1) is 0 Å². The summed E-state index contributed by atoms with van der Waals surface area (Å²) in [5.41, 5.74) is 0. The zero-order valence-electron chi connectivity index (χ0n) is 17.3. The van der Waals surface area contributed by atoms with E-state index >= 15 is 0 Å². The SMILES string of the molecule is CCCCC(CC)[CH2][Zn][CH2]C(CC)CCCC.O=P(O)(O)S.O=P(O)(O)S. The quantitative estimate of drug-likeness (QED) is 0.102. The van der Waals surface area contributed by atoms with E-state index in [1.807, 2.05) is 0 Å². The Kier molecular flexibility index (Phi) is 25.7. The Hall–Kier alpha value is 1.62. The molecule has 0 aromatic rings. The Balaban J connectivity index is -0.000000471. The second-order valence-electron chi connectivity index (χ2n) is 6.79. The Bertz CT molecular complexity index is 354. The van der Waals surface area contributed by atoms with Gasteiger partial charge in [0.15, 0.2) is 0 Å². The van der Waals surface area contributed by atoms with Gasteiger partial charge in [0.1, 0.15) is 0 Å². The van der Waals surface area contributed by atoms with E-state index < -0.39 is 13.6 Å². The van der Waals surface area contributed by atoms with Gasteiger partial charge in [-0.25, -0.2) is 9.13 Å². The van der Waals surface area contributed by atoms with Crippen molar-refractivity contribution in [3.05, 3.63) is 0 Å². The van der Waals surface area contributed by atoms with Crippen molar-refractivity contribution in [2.24, 2.45) is 11.8 Å². The van der Waals surface area contributed by atoms with Crippen LogP contribution in [0.5, 0.6) is 0 Å². The summed E-state index contributed by atoms with van der Waals surface area (Å²) in [4.78, 5) is 30.0. The van der Waals surface area contributed by atoms with Gasteiger partial charge in [-0.3, -0.25) is 0 Å². The molecular weight excluding hydrogens is 480 g/mol. The van der Waals surface area contributed by atoms with Crippen LogP contribution >= 0.6 is 38.1 Å². The molecule has 6 nitrogen and oxygen atoms in total. The van der Waals surface area contributed by atoms with Crippen LogP contribution in [-0.2, 0) is 26.3 Å². The smallest absolute Gasteiger partial charge is 0.317 e. The first-order valence-electron chi connectivity index (χ1n) is 9.84. The molecule has 2 unspecified atom stereocenters. The molecule has 0 aromatic heterocycles. The molecule has 11 heteroatoms. The normalized spacial score (nSPS) is 13.4. The maximum absolute atomic E-state index is 9.19. The van der Waals surface area contributed by atoms with Crippen LogP contribution in [0.25, 0.3) is 0 Å². The van der Waals surface area contributed by atoms with E-state index in [0.717, 1.165) is 11.8 Å². The monoisotopic (exact) mass is 518 g/mol. The molecule has 0 amide bonds. The van der Waals surface area contributed by atoms with E-state index in [1.54, 1.807) is 10.0 Å².